The smallest absolute Gasteiger partial charge is 0.159 e. The quantitative estimate of drug-likeness (QED) is 0.754. The molecule has 1 aliphatic heterocycles. The minimum absolute atomic E-state index is 0.0201. The molecule has 0 saturated carbocycles. The molecule has 0 spiro atoms. The van der Waals surface area contributed by atoms with Crippen LogP contribution in [0.25, 0.3) is 0 Å². The maximum absolute atomic E-state index is 14.4. The average Bonchev–Trinajstić information content (AvgIpc) is 2.29. The monoisotopic (exact) mass is 236 g/mol. The number of ketones is 1. The van der Waals surface area contributed by atoms with Crippen LogP contribution in [0, 0.1) is 0 Å². The van der Waals surface area contributed by atoms with Crippen molar-refractivity contribution < 1.29 is 13.9 Å². The molecule has 2 rings (SSSR count). The maximum atomic E-state index is 14.4. The Morgan fingerprint density at radius 2 is 2.12 bits per heavy atom. The van der Waals surface area contributed by atoms with Crippen molar-refractivity contribution >= 4 is 5.78 Å². The van der Waals surface area contributed by atoms with Crippen LogP contribution in [0.2, 0.25) is 0 Å². The SMILES string of the molecule is CC(=O)c1cccc(CC2(F)CCOCC2)c1. The zero-order chi connectivity index (χ0) is 12.3. The van der Waals surface area contributed by atoms with Gasteiger partial charge >= 0.3 is 0 Å². The van der Waals surface area contributed by atoms with Crippen LogP contribution in [0.15, 0.2) is 24.3 Å². The van der Waals surface area contributed by atoms with E-state index in [0.29, 0.717) is 38.0 Å². The third-order valence-electron chi connectivity index (χ3n) is 3.24. The summed E-state index contributed by atoms with van der Waals surface area (Å²) in [5.74, 6) is 0.0201. The molecule has 1 saturated heterocycles. The van der Waals surface area contributed by atoms with Crippen molar-refractivity contribution in [1.29, 1.82) is 0 Å². The van der Waals surface area contributed by atoms with Crippen LogP contribution in [0.3, 0.4) is 0 Å². The highest BCUT2D eigenvalue weighted by Gasteiger charge is 2.32. The van der Waals surface area contributed by atoms with Crippen LogP contribution >= 0.6 is 0 Å². The number of halogens is 1. The minimum atomic E-state index is -1.17. The number of carbonyl (C=O) groups is 1. The lowest BCUT2D eigenvalue weighted by Gasteiger charge is -2.29. The van der Waals surface area contributed by atoms with Crippen molar-refractivity contribution in [3.63, 3.8) is 0 Å². The van der Waals surface area contributed by atoms with Crippen LogP contribution in [0.5, 0.6) is 0 Å². The van der Waals surface area contributed by atoms with E-state index in [1.165, 1.54) is 6.92 Å². The number of hydrogen-bond acceptors (Lipinski definition) is 2. The summed E-state index contributed by atoms with van der Waals surface area (Å²) in [5, 5.41) is 0. The van der Waals surface area contributed by atoms with Gasteiger partial charge in [0.2, 0.25) is 0 Å². The lowest BCUT2D eigenvalue weighted by atomic mass is 9.88. The Balaban J connectivity index is 2.12. The van der Waals surface area contributed by atoms with Gasteiger partial charge in [-0.1, -0.05) is 18.2 Å². The van der Waals surface area contributed by atoms with Crippen LogP contribution < -0.4 is 0 Å². The average molecular weight is 236 g/mol. The van der Waals surface area contributed by atoms with Gasteiger partial charge in [-0.05, 0) is 18.6 Å². The molecule has 0 radical (unpaired) electrons. The highest BCUT2D eigenvalue weighted by atomic mass is 19.1. The summed E-state index contributed by atoms with van der Waals surface area (Å²) < 4.78 is 19.6. The van der Waals surface area contributed by atoms with E-state index < -0.39 is 5.67 Å². The molecular weight excluding hydrogens is 219 g/mol. The largest absolute Gasteiger partial charge is 0.381 e. The molecule has 92 valence electrons. The Morgan fingerprint density at radius 3 is 2.76 bits per heavy atom. The molecule has 0 bridgehead atoms. The van der Waals surface area contributed by atoms with E-state index in [4.69, 9.17) is 4.74 Å². The number of Topliss-reactive ketones (excluding diaryl/α,β-unsaturated/α-hetero) is 1. The molecule has 3 heteroatoms. The van der Waals surface area contributed by atoms with E-state index in [1.54, 1.807) is 12.1 Å². The van der Waals surface area contributed by atoms with Gasteiger partial charge in [-0.15, -0.1) is 0 Å². The van der Waals surface area contributed by atoms with Gasteiger partial charge in [0.15, 0.2) is 5.78 Å². The molecule has 0 aromatic heterocycles. The fourth-order valence-corrected chi connectivity index (χ4v) is 2.18. The summed E-state index contributed by atoms with van der Waals surface area (Å²) in [7, 11) is 0. The lowest BCUT2D eigenvalue weighted by molar-refractivity contribution is -0.00817. The first-order valence-corrected chi connectivity index (χ1v) is 5.96. The Bertz CT molecular complexity index is 408. The van der Waals surface area contributed by atoms with E-state index >= 15 is 0 Å². The highest BCUT2D eigenvalue weighted by Crippen LogP contribution is 2.29. The standard InChI is InChI=1S/C14H17FO2/c1-11(16)13-4-2-3-12(9-13)10-14(15)5-7-17-8-6-14/h2-4,9H,5-8,10H2,1H3. The van der Waals surface area contributed by atoms with Crippen molar-refractivity contribution in [2.24, 2.45) is 0 Å². The van der Waals surface area contributed by atoms with Crippen LogP contribution in [0.1, 0.15) is 35.7 Å². The van der Waals surface area contributed by atoms with E-state index in [1.807, 2.05) is 12.1 Å². The van der Waals surface area contributed by atoms with Gasteiger partial charge < -0.3 is 4.74 Å². The van der Waals surface area contributed by atoms with Crippen molar-refractivity contribution in [2.45, 2.75) is 31.9 Å². The molecule has 1 fully saturated rings. The highest BCUT2D eigenvalue weighted by molar-refractivity contribution is 5.94. The fourth-order valence-electron chi connectivity index (χ4n) is 2.18. The summed E-state index contributed by atoms with van der Waals surface area (Å²) in [5.41, 5.74) is 0.369. The molecule has 2 nitrogen and oxygen atoms in total. The zero-order valence-corrected chi connectivity index (χ0v) is 10.0. The normalized spacial score (nSPS) is 18.9. The molecule has 1 aliphatic rings. The van der Waals surface area contributed by atoms with Crippen LogP contribution in [0.4, 0.5) is 4.39 Å². The summed E-state index contributed by atoms with van der Waals surface area (Å²) in [4.78, 5) is 11.3. The number of ether oxygens (including phenoxy) is 1. The number of carbonyl (C=O) groups excluding carboxylic acids is 1. The predicted molar refractivity (Wildman–Crippen MR) is 64.0 cm³/mol. The molecule has 1 aromatic carbocycles. The van der Waals surface area contributed by atoms with Gasteiger partial charge in [0.05, 0.1) is 0 Å². The number of alkyl halides is 1. The lowest BCUT2D eigenvalue weighted by Crippen LogP contribution is -2.33. The van der Waals surface area contributed by atoms with Crippen molar-refractivity contribution in [1.82, 2.24) is 0 Å². The number of hydrogen-bond donors (Lipinski definition) is 0. The Hall–Kier alpha value is -1.22. The summed E-state index contributed by atoms with van der Waals surface area (Å²) in [6.07, 6.45) is 1.26. The van der Waals surface area contributed by atoms with Gasteiger partial charge in [0.1, 0.15) is 5.67 Å². The molecule has 1 heterocycles. The first kappa shape index (κ1) is 12.2. The molecule has 17 heavy (non-hydrogen) atoms. The Kier molecular flexibility index (Phi) is 3.57. The first-order valence-electron chi connectivity index (χ1n) is 5.96. The molecule has 0 aliphatic carbocycles. The molecule has 0 N–H and O–H groups in total. The summed E-state index contributed by atoms with van der Waals surface area (Å²) in [6.45, 7) is 2.50. The van der Waals surface area contributed by atoms with E-state index in [0.717, 1.165) is 5.56 Å². The van der Waals surface area contributed by atoms with Gasteiger partial charge in [-0.25, -0.2) is 4.39 Å². The minimum Gasteiger partial charge on any atom is -0.381 e. The molecular formula is C14H17FO2. The second-order valence-corrected chi connectivity index (χ2v) is 4.70. The topological polar surface area (TPSA) is 26.3 Å². The summed E-state index contributed by atoms with van der Waals surface area (Å²) >= 11 is 0. The number of benzene rings is 1. The molecule has 0 amide bonds. The maximum Gasteiger partial charge on any atom is 0.159 e. The Morgan fingerprint density at radius 1 is 1.41 bits per heavy atom. The molecule has 0 unspecified atom stereocenters. The van der Waals surface area contributed by atoms with Gasteiger partial charge in [-0.3, -0.25) is 4.79 Å². The molecule has 0 atom stereocenters. The second kappa shape index (κ2) is 4.96. The van der Waals surface area contributed by atoms with Crippen LogP contribution in [-0.4, -0.2) is 24.7 Å². The predicted octanol–water partition coefficient (Wildman–Crippen LogP) is 2.95. The summed E-state index contributed by atoms with van der Waals surface area (Å²) in [6, 6.07) is 7.25. The third kappa shape index (κ3) is 3.13. The fraction of sp³-hybridized carbons (Fsp3) is 0.500. The zero-order valence-electron chi connectivity index (χ0n) is 10.0. The van der Waals surface area contributed by atoms with Gasteiger partial charge in [0.25, 0.3) is 0 Å². The van der Waals surface area contributed by atoms with Crippen molar-refractivity contribution in [2.75, 3.05) is 13.2 Å². The first-order chi connectivity index (χ1) is 8.09. The van der Waals surface area contributed by atoms with E-state index in [-0.39, 0.29) is 5.78 Å². The van der Waals surface area contributed by atoms with Gasteiger partial charge in [-0.2, -0.15) is 0 Å². The van der Waals surface area contributed by atoms with E-state index in [2.05, 4.69) is 0 Å². The molecule has 1 aromatic rings. The van der Waals surface area contributed by atoms with E-state index in [9.17, 15) is 9.18 Å². The van der Waals surface area contributed by atoms with Crippen molar-refractivity contribution in [3.05, 3.63) is 35.4 Å². The van der Waals surface area contributed by atoms with Crippen molar-refractivity contribution in [3.8, 4) is 0 Å². The second-order valence-electron chi connectivity index (χ2n) is 4.70. The third-order valence-corrected chi connectivity index (χ3v) is 3.24. The number of rotatable bonds is 3. The Labute approximate surface area is 101 Å². The van der Waals surface area contributed by atoms with Crippen LogP contribution in [-0.2, 0) is 11.2 Å². The van der Waals surface area contributed by atoms with Gasteiger partial charge in [0, 0.05) is 38.0 Å².